The predicted molar refractivity (Wildman–Crippen MR) is 86.3 cm³/mol. The van der Waals surface area contributed by atoms with Gasteiger partial charge in [0.1, 0.15) is 9.88 Å². The van der Waals surface area contributed by atoms with Crippen LogP contribution in [0.1, 0.15) is 23.0 Å². The Kier molecular flexibility index (Phi) is 5.00. The number of esters is 1. The molecular formula is C13H19N3O3S2. The van der Waals surface area contributed by atoms with E-state index in [-0.39, 0.29) is 11.9 Å². The molecule has 116 valence electrons. The Morgan fingerprint density at radius 2 is 2.24 bits per heavy atom. The summed E-state index contributed by atoms with van der Waals surface area (Å²) in [6.07, 6.45) is 2.82. The van der Waals surface area contributed by atoms with Gasteiger partial charge in [-0.15, -0.1) is 23.1 Å². The summed E-state index contributed by atoms with van der Waals surface area (Å²) in [5.74, 6) is -0.426. The molecule has 1 aromatic rings. The third-order valence-corrected chi connectivity index (χ3v) is 5.54. The first kappa shape index (κ1) is 16.0. The maximum absolute atomic E-state index is 11.8. The monoisotopic (exact) mass is 329 g/mol. The van der Waals surface area contributed by atoms with E-state index in [2.05, 4.69) is 10.2 Å². The van der Waals surface area contributed by atoms with Gasteiger partial charge < -0.3 is 20.7 Å². The number of nitrogens with two attached hydrogens (primary N) is 1. The van der Waals surface area contributed by atoms with Crippen molar-refractivity contribution in [3.8, 4) is 0 Å². The zero-order valence-electron chi connectivity index (χ0n) is 12.3. The number of nitrogen functional groups attached to an aromatic ring is 1. The lowest BCUT2D eigenvalue weighted by Crippen LogP contribution is -2.35. The molecule has 1 aliphatic rings. The van der Waals surface area contributed by atoms with Crippen LogP contribution < -0.4 is 16.0 Å². The van der Waals surface area contributed by atoms with E-state index >= 15 is 0 Å². The van der Waals surface area contributed by atoms with Gasteiger partial charge in [-0.05, 0) is 12.7 Å². The molecule has 0 radical (unpaired) electrons. The van der Waals surface area contributed by atoms with E-state index in [0.29, 0.717) is 10.6 Å². The highest BCUT2D eigenvalue weighted by Gasteiger charge is 2.29. The number of carbonyl (C=O) groups is 2. The molecule has 1 unspecified atom stereocenters. The summed E-state index contributed by atoms with van der Waals surface area (Å²) >= 11 is 2.88. The molecule has 1 fully saturated rings. The molecule has 0 aromatic carbocycles. The van der Waals surface area contributed by atoms with Crippen molar-refractivity contribution in [2.45, 2.75) is 24.3 Å². The summed E-state index contributed by atoms with van der Waals surface area (Å²) in [5, 5.41) is 3.91. The van der Waals surface area contributed by atoms with Crippen LogP contribution in [0.2, 0.25) is 0 Å². The number of hydrogen-bond donors (Lipinski definition) is 2. The molecule has 8 heteroatoms. The van der Waals surface area contributed by atoms with E-state index in [1.165, 1.54) is 37.1 Å². The van der Waals surface area contributed by atoms with Gasteiger partial charge in [0.05, 0.1) is 17.7 Å². The van der Waals surface area contributed by atoms with E-state index in [0.717, 1.165) is 29.4 Å². The molecule has 2 rings (SSSR count). The highest BCUT2D eigenvalue weighted by atomic mass is 32.2. The van der Waals surface area contributed by atoms with Crippen molar-refractivity contribution in [1.82, 2.24) is 5.32 Å². The van der Waals surface area contributed by atoms with Gasteiger partial charge in [-0.25, -0.2) is 4.79 Å². The average Bonchev–Trinajstić information content (AvgIpc) is 3.01. The largest absolute Gasteiger partial charge is 0.465 e. The van der Waals surface area contributed by atoms with Crippen molar-refractivity contribution in [2.75, 3.05) is 37.1 Å². The van der Waals surface area contributed by atoms with E-state index in [9.17, 15) is 9.59 Å². The van der Waals surface area contributed by atoms with Crippen LogP contribution in [-0.4, -0.2) is 44.4 Å². The van der Waals surface area contributed by atoms with Crippen LogP contribution in [0, 0.1) is 0 Å². The fourth-order valence-electron chi connectivity index (χ4n) is 2.42. The van der Waals surface area contributed by atoms with Crippen molar-refractivity contribution in [3.63, 3.8) is 0 Å². The van der Waals surface area contributed by atoms with Crippen LogP contribution in [0.4, 0.5) is 10.7 Å². The number of carbonyl (C=O) groups excluding carboxylic acids is 2. The summed E-state index contributed by atoms with van der Waals surface area (Å²) < 4.78 is 4.77. The third-order valence-electron chi connectivity index (χ3n) is 3.34. The lowest BCUT2D eigenvalue weighted by atomic mass is 10.3. The first-order valence-electron chi connectivity index (χ1n) is 6.54. The van der Waals surface area contributed by atoms with Crippen LogP contribution in [0.15, 0.2) is 4.90 Å². The van der Waals surface area contributed by atoms with E-state index in [1.807, 2.05) is 6.26 Å². The topological polar surface area (TPSA) is 84.7 Å². The number of ether oxygens (including phenoxy) is 1. The molecule has 3 N–H and O–H groups in total. The minimum Gasteiger partial charge on any atom is -0.465 e. The number of hydrogen-bond acceptors (Lipinski definition) is 7. The van der Waals surface area contributed by atoms with Crippen LogP contribution in [-0.2, 0) is 9.53 Å². The number of thioether (sulfide) groups is 1. The van der Waals surface area contributed by atoms with Crippen molar-refractivity contribution in [1.29, 1.82) is 0 Å². The number of nitrogens with one attached hydrogen (secondary N) is 1. The second-order valence-corrected chi connectivity index (χ2v) is 6.62. The number of nitrogens with zero attached hydrogens (tertiary/aromatic N) is 1. The maximum atomic E-state index is 11.8. The Balaban J connectivity index is 2.24. The van der Waals surface area contributed by atoms with E-state index < -0.39 is 5.97 Å². The standard InChI is InChI=1S/C13H19N3O3S2/c1-7(17)15-8-4-5-16(6-8)12-10(20-3)9(14)11(21-12)13(18)19-2/h8H,4-6,14H2,1-3H3,(H,15,17). The molecule has 0 spiro atoms. The molecule has 1 amide bonds. The fourth-order valence-corrected chi connectivity index (χ4v) is 4.55. The normalized spacial score (nSPS) is 17.9. The first-order chi connectivity index (χ1) is 9.97. The summed E-state index contributed by atoms with van der Waals surface area (Å²) in [6.45, 7) is 3.08. The Morgan fingerprint density at radius 1 is 1.52 bits per heavy atom. The van der Waals surface area contributed by atoms with Crippen LogP contribution >= 0.6 is 23.1 Å². The fraction of sp³-hybridized carbons (Fsp3) is 0.538. The quantitative estimate of drug-likeness (QED) is 0.644. The summed E-state index contributed by atoms with van der Waals surface area (Å²) in [6, 6.07) is 0.141. The third kappa shape index (κ3) is 3.26. The lowest BCUT2D eigenvalue weighted by Gasteiger charge is -2.18. The number of methoxy groups -OCH3 is 1. The number of amides is 1. The van der Waals surface area contributed by atoms with E-state index in [1.54, 1.807) is 0 Å². The van der Waals surface area contributed by atoms with Gasteiger partial charge in [0.15, 0.2) is 0 Å². The molecule has 1 aromatic heterocycles. The summed E-state index contributed by atoms with van der Waals surface area (Å²) in [7, 11) is 1.35. The minimum atomic E-state index is -0.406. The first-order valence-corrected chi connectivity index (χ1v) is 8.58. The molecular weight excluding hydrogens is 310 g/mol. The van der Waals surface area contributed by atoms with Crippen molar-refractivity contribution in [2.24, 2.45) is 0 Å². The second kappa shape index (κ2) is 6.57. The highest BCUT2D eigenvalue weighted by molar-refractivity contribution is 7.99. The zero-order chi connectivity index (χ0) is 15.6. The molecule has 1 aliphatic heterocycles. The van der Waals surface area contributed by atoms with Gasteiger partial charge in [-0.3, -0.25) is 4.79 Å². The second-order valence-electron chi connectivity index (χ2n) is 4.81. The van der Waals surface area contributed by atoms with Gasteiger partial charge in [-0.1, -0.05) is 0 Å². The molecule has 0 bridgehead atoms. The smallest absolute Gasteiger partial charge is 0.350 e. The molecule has 6 nitrogen and oxygen atoms in total. The Bertz CT molecular complexity index is 559. The summed E-state index contributed by atoms with van der Waals surface area (Å²) in [4.78, 5) is 26.4. The van der Waals surface area contributed by atoms with Crippen molar-refractivity contribution >= 4 is 45.7 Å². The van der Waals surface area contributed by atoms with Gasteiger partial charge in [0.2, 0.25) is 5.91 Å². The molecule has 2 heterocycles. The van der Waals surface area contributed by atoms with Gasteiger partial charge in [0, 0.05) is 26.1 Å². The lowest BCUT2D eigenvalue weighted by molar-refractivity contribution is -0.119. The SMILES string of the molecule is COC(=O)c1sc(N2CCC(NC(C)=O)C2)c(SC)c1N. The number of anilines is 2. The Morgan fingerprint density at radius 3 is 2.81 bits per heavy atom. The zero-order valence-corrected chi connectivity index (χ0v) is 13.9. The van der Waals surface area contributed by atoms with Gasteiger partial charge in [0.25, 0.3) is 0 Å². The number of rotatable bonds is 4. The summed E-state index contributed by atoms with van der Waals surface area (Å²) in [5.41, 5.74) is 6.55. The highest BCUT2D eigenvalue weighted by Crippen LogP contribution is 2.44. The minimum absolute atomic E-state index is 0.0205. The predicted octanol–water partition coefficient (Wildman–Crippen LogP) is 1.55. The van der Waals surface area contributed by atoms with Gasteiger partial charge >= 0.3 is 5.97 Å². The molecule has 21 heavy (non-hydrogen) atoms. The van der Waals surface area contributed by atoms with Crippen LogP contribution in [0.25, 0.3) is 0 Å². The van der Waals surface area contributed by atoms with Crippen molar-refractivity contribution in [3.05, 3.63) is 4.88 Å². The van der Waals surface area contributed by atoms with E-state index in [4.69, 9.17) is 10.5 Å². The average molecular weight is 329 g/mol. The molecule has 1 saturated heterocycles. The van der Waals surface area contributed by atoms with Gasteiger partial charge in [-0.2, -0.15) is 0 Å². The van der Waals surface area contributed by atoms with Crippen LogP contribution in [0.3, 0.4) is 0 Å². The molecule has 1 atom stereocenters. The maximum Gasteiger partial charge on any atom is 0.350 e. The Hall–Kier alpha value is -1.41. The molecule has 0 saturated carbocycles. The number of thiophene rings is 1. The molecule has 0 aliphatic carbocycles. The van der Waals surface area contributed by atoms with Crippen LogP contribution in [0.5, 0.6) is 0 Å². The van der Waals surface area contributed by atoms with Crippen molar-refractivity contribution < 1.29 is 14.3 Å². The Labute approximate surface area is 132 Å².